The van der Waals surface area contributed by atoms with E-state index in [1.54, 1.807) is 0 Å². The van der Waals surface area contributed by atoms with E-state index < -0.39 is 8.80 Å². The van der Waals surface area contributed by atoms with Gasteiger partial charge in [0.25, 0.3) is 0 Å². The molecule has 0 fully saturated rings. The fourth-order valence-corrected chi connectivity index (χ4v) is 2.50. The van der Waals surface area contributed by atoms with Gasteiger partial charge in [-0.05, 0) is 26.0 Å². The molecule has 86 valence electrons. The van der Waals surface area contributed by atoms with E-state index in [0.717, 1.165) is 5.56 Å². The van der Waals surface area contributed by atoms with E-state index in [4.69, 9.17) is 4.74 Å². The summed E-state index contributed by atoms with van der Waals surface area (Å²) in [4.78, 5) is 11.7. The summed E-state index contributed by atoms with van der Waals surface area (Å²) >= 11 is 0. The molecule has 0 saturated carbocycles. The summed E-state index contributed by atoms with van der Waals surface area (Å²) < 4.78 is 5.25. The fourth-order valence-electron chi connectivity index (χ4n) is 1.36. The van der Waals surface area contributed by atoms with E-state index in [-0.39, 0.29) is 5.97 Å². The van der Waals surface area contributed by atoms with Crippen LogP contribution < -0.4 is 4.74 Å². The second kappa shape index (κ2) is 5.65. The first kappa shape index (κ1) is 12.7. The summed E-state index contributed by atoms with van der Waals surface area (Å²) in [5.74, 6) is 0.360. The molecule has 0 aliphatic heterocycles. The standard InChI is InChI=1S/C13H18O2Si/c1-10-5-7-12(8-6-10)15-13(14)11(2)9-16(3)4/h5-9,16H,1-4H3. The van der Waals surface area contributed by atoms with E-state index in [1.165, 1.54) is 0 Å². The number of hydrogen-bond acceptors (Lipinski definition) is 2. The maximum Gasteiger partial charge on any atom is 0.338 e. The van der Waals surface area contributed by atoms with Gasteiger partial charge in [-0.1, -0.05) is 36.5 Å². The third-order valence-corrected chi connectivity index (χ3v) is 3.30. The van der Waals surface area contributed by atoms with Gasteiger partial charge in [0.05, 0.1) is 8.80 Å². The molecule has 0 amide bonds. The lowest BCUT2D eigenvalue weighted by molar-refractivity contribution is -0.130. The van der Waals surface area contributed by atoms with Crippen LogP contribution in [0.1, 0.15) is 12.5 Å². The first-order valence-corrected chi connectivity index (χ1v) is 8.44. The lowest BCUT2D eigenvalue weighted by Gasteiger charge is -2.05. The molecule has 0 aromatic heterocycles. The minimum Gasteiger partial charge on any atom is -0.423 e. The molecule has 0 atom stereocenters. The third-order valence-electron chi connectivity index (χ3n) is 2.14. The highest BCUT2D eigenvalue weighted by Gasteiger charge is 2.07. The predicted molar refractivity (Wildman–Crippen MR) is 69.4 cm³/mol. The molecule has 0 radical (unpaired) electrons. The monoisotopic (exact) mass is 234 g/mol. The van der Waals surface area contributed by atoms with Gasteiger partial charge in [0.1, 0.15) is 5.75 Å². The molecular weight excluding hydrogens is 216 g/mol. The van der Waals surface area contributed by atoms with Gasteiger partial charge in [-0.2, -0.15) is 0 Å². The molecule has 0 spiro atoms. The van der Waals surface area contributed by atoms with Gasteiger partial charge in [-0.15, -0.1) is 0 Å². The molecule has 1 aromatic carbocycles. The maximum absolute atomic E-state index is 11.7. The largest absolute Gasteiger partial charge is 0.423 e. The van der Waals surface area contributed by atoms with Crippen molar-refractivity contribution in [1.29, 1.82) is 0 Å². The average Bonchev–Trinajstić information content (AvgIpc) is 2.20. The summed E-state index contributed by atoms with van der Waals surface area (Å²) in [5.41, 5.74) is 3.90. The van der Waals surface area contributed by atoms with Crippen molar-refractivity contribution in [2.24, 2.45) is 0 Å². The van der Waals surface area contributed by atoms with Crippen molar-refractivity contribution in [3.8, 4) is 5.75 Å². The van der Waals surface area contributed by atoms with E-state index >= 15 is 0 Å². The van der Waals surface area contributed by atoms with Crippen molar-refractivity contribution < 1.29 is 9.53 Å². The fraction of sp³-hybridized carbons (Fsp3) is 0.308. The van der Waals surface area contributed by atoms with Crippen LogP contribution in [0.25, 0.3) is 0 Å². The van der Waals surface area contributed by atoms with E-state index in [9.17, 15) is 4.79 Å². The van der Waals surface area contributed by atoms with Gasteiger partial charge >= 0.3 is 5.97 Å². The SMILES string of the molecule is CC(=C[SiH](C)C)C(=O)Oc1ccc(C)cc1. The lowest BCUT2D eigenvalue weighted by Crippen LogP contribution is -2.11. The number of carbonyl (C=O) groups is 1. The molecule has 0 aliphatic carbocycles. The van der Waals surface area contributed by atoms with E-state index in [0.29, 0.717) is 11.3 Å². The number of ether oxygens (including phenoxy) is 1. The first-order valence-electron chi connectivity index (χ1n) is 5.46. The van der Waals surface area contributed by atoms with Crippen LogP contribution in [0.5, 0.6) is 5.75 Å². The average molecular weight is 234 g/mol. The Labute approximate surface area is 98.5 Å². The number of hydrogen-bond donors (Lipinski definition) is 0. The molecule has 2 nitrogen and oxygen atoms in total. The number of aryl methyl sites for hydroxylation is 1. The van der Waals surface area contributed by atoms with E-state index in [1.807, 2.05) is 43.8 Å². The van der Waals surface area contributed by atoms with Crippen LogP contribution in [0.15, 0.2) is 35.5 Å². The van der Waals surface area contributed by atoms with E-state index in [2.05, 4.69) is 13.1 Å². The summed E-state index contributed by atoms with van der Waals surface area (Å²) in [7, 11) is -0.863. The third kappa shape index (κ3) is 4.02. The minimum atomic E-state index is -0.863. The molecule has 0 heterocycles. The lowest BCUT2D eigenvalue weighted by atomic mass is 10.2. The van der Waals surface area contributed by atoms with Crippen LogP contribution in [0, 0.1) is 6.92 Å². The van der Waals surface area contributed by atoms with Gasteiger partial charge in [0, 0.05) is 5.57 Å². The second-order valence-corrected chi connectivity index (χ2v) is 7.12. The van der Waals surface area contributed by atoms with Gasteiger partial charge in [-0.3, -0.25) is 0 Å². The highest BCUT2D eigenvalue weighted by atomic mass is 28.3. The molecule has 3 heteroatoms. The Morgan fingerprint density at radius 3 is 2.31 bits per heavy atom. The summed E-state index contributed by atoms with van der Waals surface area (Å²) in [5, 5.41) is 0. The number of esters is 1. The van der Waals surface area contributed by atoms with Gasteiger partial charge in [0.15, 0.2) is 0 Å². The molecule has 1 rings (SSSR count). The molecule has 1 aromatic rings. The molecule has 0 saturated heterocycles. The maximum atomic E-state index is 11.7. The smallest absolute Gasteiger partial charge is 0.338 e. The Morgan fingerprint density at radius 2 is 1.81 bits per heavy atom. The molecular formula is C13H18O2Si. The number of rotatable bonds is 3. The highest BCUT2D eigenvalue weighted by Crippen LogP contribution is 2.13. The number of benzene rings is 1. The Hall–Kier alpha value is -1.35. The molecule has 0 N–H and O–H groups in total. The molecule has 0 bridgehead atoms. The van der Waals surface area contributed by atoms with Crippen molar-refractivity contribution in [3.05, 3.63) is 41.1 Å². The van der Waals surface area contributed by atoms with Crippen LogP contribution in [0.4, 0.5) is 0 Å². The van der Waals surface area contributed by atoms with Crippen LogP contribution >= 0.6 is 0 Å². The van der Waals surface area contributed by atoms with Gasteiger partial charge in [-0.25, -0.2) is 4.79 Å². The summed E-state index contributed by atoms with van der Waals surface area (Å²) in [6, 6.07) is 7.48. The van der Waals surface area contributed by atoms with Crippen molar-refractivity contribution in [2.75, 3.05) is 0 Å². The zero-order valence-corrected chi connectivity index (χ0v) is 11.4. The summed E-state index contributed by atoms with van der Waals surface area (Å²) in [6.07, 6.45) is 0. The Balaban J connectivity index is 2.68. The quantitative estimate of drug-likeness (QED) is 0.348. The van der Waals surface area contributed by atoms with Crippen molar-refractivity contribution in [2.45, 2.75) is 26.9 Å². The molecule has 16 heavy (non-hydrogen) atoms. The topological polar surface area (TPSA) is 26.3 Å². The zero-order chi connectivity index (χ0) is 12.1. The van der Waals surface area contributed by atoms with Crippen molar-refractivity contribution in [3.63, 3.8) is 0 Å². The number of carbonyl (C=O) groups excluding carboxylic acids is 1. The normalized spacial score (nSPS) is 11.7. The van der Waals surface area contributed by atoms with Crippen LogP contribution in [-0.4, -0.2) is 14.8 Å². The Bertz CT molecular complexity index is 391. The van der Waals surface area contributed by atoms with Crippen LogP contribution in [0.3, 0.4) is 0 Å². The highest BCUT2D eigenvalue weighted by molar-refractivity contribution is 6.61. The Kier molecular flexibility index (Phi) is 4.49. The minimum absolute atomic E-state index is 0.245. The van der Waals surface area contributed by atoms with Crippen LogP contribution in [0.2, 0.25) is 13.1 Å². The second-order valence-electron chi connectivity index (χ2n) is 4.30. The molecule has 0 unspecified atom stereocenters. The van der Waals surface area contributed by atoms with Gasteiger partial charge in [0.2, 0.25) is 0 Å². The van der Waals surface area contributed by atoms with Crippen molar-refractivity contribution >= 4 is 14.8 Å². The van der Waals surface area contributed by atoms with Crippen LogP contribution in [-0.2, 0) is 4.79 Å². The summed E-state index contributed by atoms with van der Waals surface area (Å²) in [6.45, 7) is 8.15. The Morgan fingerprint density at radius 1 is 1.25 bits per heavy atom. The first-order chi connectivity index (χ1) is 7.49. The zero-order valence-electron chi connectivity index (χ0n) is 10.3. The van der Waals surface area contributed by atoms with Gasteiger partial charge < -0.3 is 4.74 Å². The van der Waals surface area contributed by atoms with Crippen molar-refractivity contribution in [1.82, 2.24) is 0 Å². The predicted octanol–water partition coefficient (Wildman–Crippen LogP) is 2.87. The molecule has 0 aliphatic rings.